The molecular weight excluding hydrogens is 388 g/mol. The van der Waals surface area contributed by atoms with Crippen LogP contribution in [0.1, 0.15) is 21.9 Å². The molecule has 154 valence electrons. The van der Waals surface area contributed by atoms with Crippen LogP contribution < -0.4 is 5.32 Å². The molecule has 0 radical (unpaired) electrons. The first-order valence-electron chi connectivity index (χ1n) is 10.6. The fourth-order valence-corrected chi connectivity index (χ4v) is 5.21. The summed E-state index contributed by atoms with van der Waals surface area (Å²) in [6.07, 6.45) is 0.894. The van der Waals surface area contributed by atoms with Gasteiger partial charge in [-0.1, -0.05) is 91.0 Å². The van der Waals surface area contributed by atoms with Crippen molar-refractivity contribution in [3.8, 4) is 0 Å². The molecule has 1 heterocycles. The predicted molar refractivity (Wildman–Crippen MR) is 126 cm³/mol. The van der Waals surface area contributed by atoms with Crippen LogP contribution in [0.15, 0.2) is 91.0 Å². The van der Waals surface area contributed by atoms with Gasteiger partial charge in [-0.25, -0.2) is 0 Å². The van der Waals surface area contributed by atoms with Crippen molar-refractivity contribution in [2.45, 2.75) is 17.7 Å². The van der Waals surface area contributed by atoms with Gasteiger partial charge in [-0.2, -0.15) is 0 Å². The zero-order valence-electron chi connectivity index (χ0n) is 17.1. The van der Waals surface area contributed by atoms with Crippen molar-refractivity contribution in [3.63, 3.8) is 0 Å². The molecule has 0 bridgehead atoms. The maximum Gasteiger partial charge on any atom is 0.232 e. The fourth-order valence-electron chi connectivity index (χ4n) is 4.04. The molecule has 1 aliphatic rings. The van der Waals surface area contributed by atoms with E-state index >= 15 is 0 Å². The Bertz CT molecular complexity index is 878. The summed E-state index contributed by atoms with van der Waals surface area (Å²) in [7, 11) is 0. The molecule has 0 spiro atoms. The van der Waals surface area contributed by atoms with Gasteiger partial charge in [0.05, 0.1) is 11.0 Å². The molecular formula is C26H28N2OS. The molecule has 4 heteroatoms. The Balaban J connectivity index is 1.45. The van der Waals surface area contributed by atoms with E-state index in [1.807, 2.05) is 18.2 Å². The number of piperazine rings is 1. The molecule has 3 aromatic rings. The molecule has 0 aliphatic carbocycles. The topological polar surface area (TPSA) is 32.3 Å². The number of carbonyl (C=O) groups is 1. The first-order valence-corrected chi connectivity index (χ1v) is 11.6. The third-order valence-corrected chi connectivity index (χ3v) is 6.85. The number of rotatable bonds is 7. The summed E-state index contributed by atoms with van der Waals surface area (Å²) in [4.78, 5) is 15.3. The number of nitrogens with zero attached hydrogens (tertiary/aromatic N) is 1. The van der Waals surface area contributed by atoms with Gasteiger partial charge in [0.2, 0.25) is 5.91 Å². The number of carbonyl (C=O) groups excluding carboxylic acids is 1. The van der Waals surface area contributed by atoms with Crippen molar-refractivity contribution in [2.75, 3.05) is 25.4 Å². The minimum atomic E-state index is 0.159. The fraction of sp³-hybridized carbons (Fsp3) is 0.269. The van der Waals surface area contributed by atoms with Gasteiger partial charge >= 0.3 is 0 Å². The van der Waals surface area contributed by atoms with Crippen LogP contribution >= 0.6 is 11.8 Å². The van der Waals surface area contributed by atoms with Gasteiger partial charge in [0, 0.05) is 25.7 Å². The molecule has 1 saturated heterocycles. The van der Waals surface area contributed by atoms with E-state index in [1.54, 1.807) is 11.8 Å². The highest BCUT2D eigenvalue weighted by Crippen LogP contribution is 2.35. The summed E-state index contributed by atoms with van der Waals surface area (Å²) in [6, 6.07) is 31.6. The van der Waals surface area contributed by atoms with Crippen molar-refractivity contribution in [1.82, 2.24) is 10.2 Å². The van der Waals surface area contributed by atoms with Crippen molar-refractivity contribution >= 4 is 17.7 Å². The molecule has 3 aromatic carbocycles. The summed E-state index contributed by atoms with van der Waals surface area (Å²) in [5.41, 5.74) is 3.76. The van der Waals surface area contributed by atoms with E-state index in [-0.39, 0.29) is 17.2 Å². The largest absolute Gasteiger partial charge is 0.336 e. The molecule has 1 aliphatic heterocycles. The van der Waals surface area contributed by atoms with Gasteiger partial charge in [-0.05, 0) is 23.1 Å². The van der Waals surface area contributed by atoms with Crippen LogP contribution in [-0.2, 0) is 11.2 Å². The Morgan fingerprint density at radius 2 is 1.47 bits per heavy atom. The third kappa shape index (κ3) is 5.32. The van der Waals surface area contributed by atoms with Gasteiger partial charge in [0.25, 0.3) is 0 Å². The average molecular weight is 417 g/mol. The monoisotopic (exact) mass is 416 g/mol. The van der Waals surface area contributed by atoms with Gasteiger partial charge in [0.15, 0.2) is 0 Å². The molecule has 1 unspecified atom stereocenters. The second kappa shape index (κ2) is 10.5. The van der Waals surface area contributed by atoms with Crippen LogP contribution in [0.25, 0.3) is 0 Å². The second-order valence-electron chi connectivity index (χ2n) is 7.65. The molecule has 30 heavy (non-hydrogen) atoms. The number of thioether (sulfide) groups is 1. The minimum absolute atomic E-state index is 0.159. The van der Waals surface area contributed by atoms with Crippen LogP contribution in [0, 0.1) is 0 Å². The van der Waals surface area contributed by atoms with Crippen molar-refractivity contribution in [2.24, 2.45) is 0 Å². The van der Waals surface area contributed by atoms with Crippen molar-refractivity contribution in [3.05, 3.63) is 108 Å². The van der Waals surface area contributed by atoms with E-state index in [4.69, 9.17) is 0 Å². The second-order valence-corrected chi connectivity index (χ2v) is 8.74. The number of amides is 1. The molecule has 1 amide bonds. The number of hydrogen-bond acceptors (Lipinski definition) is 3. The van der Waals surface area contributed by atoms with Crippen LogP contribution in [0.3, 0.4) is 0 Å². The maximum absolute atomic E-state index is 13.2. The number of nitrogens with one attached hydrogen (secondary N) is 1. The summed E-state index contributed by atoms with van der Waals surface area (Å²) in [5, 5.41) is 3.61. The lowest BCUT2D eigenvalue weighted by Crippen LogP contribution is -2.55. The molecule has 3 nitrogen and oxygen atoms in total. The molecule has 4 rings (SSSR count). The van der Waals surface area contributed by atoms with Crippen LogP contribution in [0.2, 0.25) is 0 Å². The Labute approximate surface area is 183 Å². The molecule has 0 aromatic heterocycles. The third-order valence-electron chi connectivity index (χ3n) is 5.56. The van der Waals surface area contributed by atoms with E-state index in [9.17, 15) is 4.79 Å². The van der Waals surface area contributed by atoms with Crippen molar-refractivity contribution < 1.29 is 4.79 Å². The smallest absolute Gasteiger partial charge is 0.232 e. The maximum atomic E-state index is 13.2. The van der Waals surface area contributed by atoms with Crippen molar-refractivity contribution in [1.29, 1.82) is 0 Å². The Kier molecular flexibility index (Phi) is 7.22. The van der Waals surface area contributed by atoms with Crippen LogP contribution in [0.4, 0.5) is 0 Å². The van der Waals surface area contributed by atoms with Gasteiger partial charge in [-0.15, -0.1) is 11.8 Å². The van der Waals surface area contributed by atoms with E-state index in [2.05, 4.69) is 83.0 Å². The van der Waals surface area contributed by atoms with Crippen LogP contribution in [-0.4, -0.2) is 42.2 Å². The quantitative estimate of drug-likeness (QED) is 0.613. The summed E-state index contributed by atoms with van der Waals surface area (Å²) < 4.78 is 0. The summed E-state index contributed by atoms with van der Waals surface area (Å²) in [5.74, 6) is 0.721. The molecule has 1 atom stereocenters. The highest BCUT2D eigenvalue weighted by Gasteiger charge is 2.27. The molecule has 1 fully saturated rings. The van der Waals surface area contributed by atoms with Crippen LogP contribution in [0.5, 0.6) is 0 Å². The lowest BCUT2D eigenvalue weighted by atomic mass is 10.0. The first-order chi connectivity index (χ1) is 14.8. The van der Waals surface area contributed by atoms with E-state index in [0.29, 0.717) is 5.75 Å². The Morgan fingerprint density at radius 3 is 2.07 bits per heavy atom. The van der Waals surface area contributed by atoms with Gasteiger partial charge in [-0.3, -0.25) is 4.79 Å². The molecule has 1 N–H and O–H groups in total. The highest BCUT2D eigenvalue weighted by atomic mass is 32.2. The Hall–Kier alpha value is -2.56. The summed E-state index contributed by atoms with van der Waals surface area (Å²) in [6.45, 7) is 2.49. The number of benzene rings is 3. The predicted octanol–water partition coefficient (Wildman–Crippen LogP) is 4.55. The SMILES string of the molecule is O=C(CSC(c1ccccc1)c1ccccc1)N1CCNCC1Cc1ccccc1. The van der Waals surface area contributed by atoms with Gasteiger partial charge in [0.1, 0.15) is 0 Å². The lowest BCUT2D eigenvalue weighted by Gasteiger charge is -2.36. The standard InChI is InChI=1S/C26H28N2OS/c29-25(28-17-16-27-19-24(28)18-21-10-4-1-5-11-21)20-30-26(22-12-6-2-7-13-22)23-14-8-3-9-15-23/h1-15,24,26-27H,16-20H2. The highest BCUT2D eigenvalue weighted by molar-refractivity contribution is 8.00. The van der Waals surface area contributed by atoms with E-state index < -0.39 is 0 Å². The lowest BCUT2D eigenvalue weighted by molar-refractivity contribution is -0.131. The Morgan fingerprint density at radius 1 is 0.900 bits per heavy atom. The van der Waals surface area contributed by atoms with E-state index in [1.165, 1.54) is 16.7 Å². The zero-order chi connectivity index (χ0) is 20.6. The normalized spacial score (nSPS) is 16.6. The van der Waals surface area contributed by atoms with E-state index in [0.717, 1.165) is 26.1 Å². The summed E-state index contributed by atoms with van der Waals surface area (Å²) >= 11 is 1.73. The minimum Gasteiger partial charge on any atom is -0.336 e. The van der Waals surface area contributed by atoms with Gasteiger partial charge < -0.3 is 10.2 Å². The molecule has 0 saturated carbocycles. The number of hydrogen-bond donors (Lipinski definition) is 1. The average Bonchev–Trinajstić information content (AvgIpc) is 2.81. The first kappa shape index (κ1) is 20.7. The zero-order valence-corrected chi connectivity index (χ0v) is 17.9.